The monoisotopic (exact) mass is 264 g/mol. The van der Waals surface area contributed by atoms with E-state index in [0.29, 0.717) is 5.92 Å². The van der Waals surface area contributed by atoms with E-state index in [0.717, 1.165) is 28.1 Å². The number of thioether (sulfide) groups is 1. The zero-order valence-electron chi connectivity index (χ0n) is 10.6. The van der Waals surface area contributed by atoms with Crippen LogP contribution in [-0.4, -0.2) is 20.3 Å². The van der Waals surface area contributed by atoms with E-state index in [1.54, 1.807) is 0 Å². The van der Waals surface area contributed by atoms with Gasteiger partial charge in [-0.15, -0.1) is 0 Å². The maximum atomic E-state index is 9.30. The molecule has 0 aliphatic heterocycles. The Kier molecular flexibility index (Phi) is 3.85. The molecule has 1 aromatic rings. The largest absolute Gasteiger partial charge is 0.392 e. The average molecular weight is 264 g/mol. The molecule has 2 aliphatic carbocycles. The number of hydrogen-bond acceptors (Lipinski definition) is 4. The van der Waals surface area contributed by atoms with Gasteiger partial charge in [-0.25, -0.2) is 9.97 Å². The molecule has 0 amide bonds. The summed E-state index contributed by atoms with van der Waals surface area (Å²) in [6.45, 7) is 0.0713. The third-order valence-electron chi connectivity index (χ3n) is 3.83. The first-order valence-corrected chi connectivity index (χ1v) is 7.99. The van der Waals surface area contributed by atoms with Crippen LogP contribution in [-0.2, 0) is 12.4 Å². The van der Waals surface area contributed by atoms with Crippen molar-refractivity contribution < 1.29 is 5.11 Å². The molecule has 4 heteroatoms. The molecule has 0 spiro atoms. The molecule has 1 aromatic heterocycles. The van der Waals surface area contributed by atoms with Crippen molar-refractivity contribution in [1.29, 1.82) is 0 Å². The van der Waals surface area contributed by atoms with E-state index < -0.39 is 0 Å². The van der Waals surface area contributed by atoms with Gasteiger partial charge in [-0.1, -0.05) is 12.8 Å². The SMILES string of the molecule is OCc1cnc(CSC2CCCC2)nc1C1CC1. The summed E-state index contributed by atoms with van der Waals surface area (Å²) in [4.78, 5) is 9.06. The van der Waals surface area contributed by atoms with Gasteiger partial charge in [0.05, 0.1) is 18.1 Å². The zero-order chi connectivity index (χ0) is 12.4. The van der Waals surface area contributed by atoms with E-state index in [9.17, 15) is 5.11 Å². The van der Waals surface area contributed by atoms with Gasteiger partial charge in [0, 0.05) is 22.9 Å². The lowest BCUT2D eigenvalue weighted by molar-refractivity contribution is 0.279. The van der Waals surface area contributed by atoms with Crippen molar-refractivity contribution in [2.24, 2.45) is 0 Å². The highest BCUT2D eigenvalue weighted by molar-refractivity contribution is 7.99. The predicted molar refractivity (Wildman–Crippen MR) is 73.5 cm³/mol. The second kappa shape index (κ2) is 5.57. The highest BCUT2D eigenvalue weighted by Crippen LogP contribution is 2.40. The number of aliphatic hydroxyl groups is 1. The normalized spacial score (nSPS) is 20.5. The maximum Gasteiger partial charge on any atom is 0.138 e. The Bertz CT molecular complexity index is 414. The summed E-state index contributed by atoms with van der Waals surface area (Å²) in [6.07, 6.45) is 9.75. The topological polar surface area (TPSA) is 46.0 Å². The number of aliphatic hydroxyl groups excluding tert-OH is 1. The van der Waals surface area contributed by atoms with E-state index >= 15 is 0 Å². The fourth-order valence-electron chi connectivity index (χ4n) is 2.61. The second-order valence-corrected chi connectivity index (χ2v) is 6.64. The molecule has 2 saturated carbocycles. The number of aromatic nitrogens is 2. The van der Waals surface area contributed by atoms with Crippen molar-refractivity contribution in [3.8, 4) is 0 Å². The zero-order valence-corrected chi connectivity index (χ0v) is 11.5. The molecule has 0 aromatic carbocycles. The van der Waals surface area contributed by atoms with E-state index in [1.165, 1.54) is 38.5 Å². The van der Waals surface area contributed by atoms with Crippen molar-refractivity contribution in [3.05, 3.63) is 23.3 Å². The summed E-state index contributed by atoms with van der Waals surface area (Å²) in [5.74, 6) is 2.46. The van der Waals surface area contributed by atoms with E-state index in [2.05, 4.69) is 9.97 Å². The fraction of sp³-hybridized carbons (Fsp3) is 0.714. The molecule has 3 nitrogen and oxygen atoms in total. The van der Waals surface area contributed by atoms with Gasteiger partial charge in [-0.05, 0) is 25.7 Å². The van der Waals surface area contributed by atoms with Crippen LogP contribution >= 0.6 is 11.8 Å². The fourth-order valence-corrected chi connectivity index (χ4v) is 3.80. The maximum absolute atomic E-state index is 9.30. The molecule has 0 bridgehead atoms. The van der Waals surface area contributed by atoms with Gasteiger partial charge >= 0.3 is 0 Å². The molecule has 18 heavy (non-hydrogen) atoms. The molecular weight excluding hydrogens is 244 g/mol. The third kappa shape index (κ3) is 2.86. The van der Waals surface area contributed by atoms with E-state index in [4.69, 9.17) is 0 Å². The van der Waals surface area contributed by atoms with Gasteiger partial charge in [0.15, 0.2) is 0 Å². The number of hydrogen-bond donors (Lipinski definition) is 1. The summed E-state index contributed by atoms with van der Waals surface area (Å²) in [7, 11) is 0. The standard InChI is InChI=1S/C14H20N2OS/c17-8-11-7-15-13(16-14(11)10-5-6-10)9-18-12-3-1-2-4-12/h7,10,12,17H,1-6,8-9H2. The predicted octanol–water partition coefficient (Wildman–Crippen LogP) is 3.02. The average Bonchev–Trinajstić information content (AvgIpc) is 3.13. The Morgan fingerprint density at radius 1 is 1.22 bits per heavy atom. The Labute approximate surface area is 112 Å². The summed E-state index contributed by atoms with van der Waals surface area (Å²) >= 11 is 2.00. The molecule has 0 saturated heterocycles. The van der Waals surface area contributed by atoms with Gasteiger partial charge in [-0.2, -0.15) is 11.8 Å². The van der Waals surface area contributed by atoms with E-state index in [1.807, 2.05) is 18.0 Å². The Hall–Kier alpha value is -0.610. The molecular formula is C14H20N2OS. The molecule has 2 aliphatic rings. The smallest absolute Gasteiger partial charge is 0.138 e. The summed E-state index contributed by atoms with van der Waals surface area (Å²) in [5, 5.41) is 10.1. The van der Waals surface area contributed by atoms with E-state index in [-0.39, 0.29) is 6.61 Å². The first-order valence-electron chi connectivity index (χ1n) is 6.94. The van der Waals surface area contributed by atoms with Crippen LogP contribution in [0.15, 0.2) is 6.20 Å². The van der Waals surface area contributed by atoms with Gasteiger partial charge in [0.25, 0.3) is 0 Å². The highest BCUT2D eigenvalue weighted by atomic mass is 32.2. The van der Waals surface area contributed by atoms with Crippen LogP contribution in [0.25, 0.3) is 0 Å². The molecule has 0 atom stereocenters. The minimum Gasteiger partial charge on any atom is -0.392 e. The van der Waals surface area contributed by atoms with Crippen LogP contribution in [0, 0.1) is 0 Å². The first kappa shape index (κ1) is 12.4. The minimum absolute atomic E-state index is 0.0713. The van der Waals surface area contributed by atoms with Crippen LogP contribution in [0.3, 0.4) is 0 Å². The lowest BCUT2D eigenvalue weighted by Gasteiger charge is -2.10. The third-order valence-corrected chi connectivity index (χ3v) is 5.20. The first-order chi connectivity index (χ1) is 8.86. The Balaban J connectivity index is 1.66. The number of nitrogens with zero attached hydrogens (tertiary/aromatic N) is 2. The van der Waals surface area contributed by atoms with Gasteiger partial charge in [0.1, 0.15) is 5.82 Å². The van der Waals surface area contributed by atoms with Crippen LogP contribution in [0.4, 0.5) is 0 Å². The molecule has 1 N–H and O–H groups in total. The van der Waals surface area contributed by atoms with Crippen molar-refractivity contribution in [1.82, 2.24) is 9.97 Å². The molecule has 0 radical (unpaired) electrons. The lowest BCUT2D eigenvalue weighted by atomic mass is 10.2. The van der Waals surface area contributed by atoms with Crippen LogP contribution in [0.1, 0.15) is 61.5 Å². The Morgan fingerprint density at radius 2 is 2.00 bits per heavy atom. The number of rotatable bonds is 5. The molecule has 98 valence electrons. The van der Waals surface area contributed by atoms with Gasteiger partial charge < -0.3 is 5.11 Å². The summed E-state index contributed by atoms with van der Waals surface area (Å²) in [5.41, 5.74) is 2.03. The van der Waals surface area contributed by atoms with Gasteiger partial charge in [-0.3, -0.25) is 0 Å². The van der Waals surface area contributed by atoms with Crippen molar-refractivity contribution >= 4 is 11.8 Å². The highest BCUT2D eigenvalue weighted by Gasteiger charge is 2.28. The van der Waals surface area contributed by atoms with Crippen LogP contribution in [0.2, 0.25) is 0 Å². The molecule has 1 heterocycles. The Morgan fingerprint density at radius 3 is 2.67 bits per heavy atom. The molecule has 0 unspecified atom stereocenters. The lowest BCUT2D eigenvalue weighted by Crippen LogP contribution is -2.04. The second-order valence-electron chi connectivity index (χ2n) is 5.35. The van der Waals surface area contributed by atoms with Crippen molar-refractivity contribution in [3.63, 3.8) is 0 Å². The minimum atomic E-state index is 0.0713. The van der Waals surface area contributed by atoms with Crippen LogP contribution < -0.4 is 0 Å². The van der Waals surface area contributed by atoms with Gasteiger partial charge in [0.2, 0.25) is 0 Å². The van der Waals surface area contributed by atoms with Crippen LogP contribution in [0.5, 0.6) is 0 Å². The quantitative estimate of drug-likeness (QED) is 0.888. The summed E-state index contributed by atoms with van der Waals surface area (Å²) < 4.78 is 0. The molecule has 2 fully saturated rings. The van der Waals surface area contributed by atoms with Crippen molar-refractivity contribution in [2.45, 2.75) is 62.1 Å². The summed E-state index contributed by atoms with van der Waals surface area (Å²) in [6, 6.07) is 0. The molecule has 3 rings (SSSR count). The van der Waals surface area contributed by atoms with Crippen molar-refractivity contribution in [2.75, 3.05) is 0 Å².